The summed E-state index contributed by atoms with van der Waals surface area (Å²) in [7, 11) is 0. The molecule has 1 saturated heterocycles. The lowest BCUT2D eigenvalue weighted by Gasteiger charge is -2.27. The molecule has 0 bridgehead atoms. The van der Waals surface area contributed by atoms with Crippen molar-refractivity contribution in [2.75, 3.05) is 18.0 Å². The summed E-state index contributed by atoms with van der Waals surface area (Å²) in [4.78, 5) is 13.1. The highest BCUT2D eigenvalue weighted by Crippen LogP contribution is 2.40. The summed E-state index contributed by atoms with van der Waals surface area (Å²) < 4.78 is 0.742. The third-order valence-electron chi connectivity index (χ3n) is 4.57. The molecule has 5 nitrogen and oxygen atoms in total. The lowest BCUT2D eigenvalue weighted by atomic mass is 9.79. The molecule has 1 unspecified atom stereocenters. The molecule has 1 aliphatic heterocycles. The van der Waals surface area contributed by atoms with Crippen LogP contribution >= 0.6 is 15.9 Å². The highest BCUT2D eigenvalue weighted by Gasteiger charge is 2.38. The SMILES string of the molecule is NC1CC[C@@H]2CN(c3ccc(Br)cc3[N+](=O)[O-])C[C@@H]2C1. The Labute approximate surface area is 126 Å². The van der Waals surface area contributed by atoms with E-state index in [4.69, 9.17) is 5.73 Å². The Kier molecular flexibility index (Phi) is 3.69. The van der Waals surface area contributed by atoms with Gasteiger partial charge < -0.3 is 10.6 Å². The Hall–Kier alpha value is -1.14. The van der Waals surface area contributed by atoms with Gasteiger partial charge in [0.05, 0.1) is 4.92 Å². The van der Waals surface area contributed by atoms with Crippen molar-refractivity contribution in [1.82, 2.24) is 0 Å². The van der Waals surface area contributed by atoms with E-state index in [0.717, 1.165) is 42.5 Å². The Morgan fingerprint density at radius 3 is 2.80 bits per heavy atom. The molecule has 2 fully saturated rings. The molecule has 1 heterocycles. The largest absolute Gasteiger partial charge is 0.365 e. The van der Waals surface area contributed by atoms with Crippen LogP contribution in [0.15, 0.2) is 22.7 Å². The van der Waals surface area contributed by atoms with E-state index in [1.54, 1.807) is 6.07 Å². The van der Waals surface area contributed by atoms with Crippen LogP contribution in [0.5, 0.6) is 0 Å². The summed E-state index contributed by atoms with van der Waals surface area (Å²) in [5.74, 6) is 1.22. The van der Waals surface area contributed by atoms with Crippen molar-refractivity contribution in [2.24, 2.45) is 17.6 Å². The third kappa shape index (κ3) is 2.54. The summed E-state index contributed by atoms with van der Waals surface area (Å²) in [5.41, 5.74) is 6.96. The van der Waals surface area contributed by atoms with E-state index in [1.165, 1.54) is 0 Å². The lowest BCUT2D eigenvalue weighted by molar-refractivity contribution is -0.384. The minimum Gasteiger partial charge on any atom is -0.365 e. The van der Waals surface area contributed by atoms with E-state index in [9.17, 15) is 10.1 Å². The minimum atomic E-state index is -0.298. The maximum atomic E-state index is 11.2. The number of hydrogen-bond acceptors (Lipinski definition) is 4. The molecule has 2 N–H and O–H groups in total. The molecule has 0 spiro atoms. The lowest BCUT2D eigenvalue weighted by Crippen LogP contribution is -2.32. The minimum absolute atomic E-state index is 0.183. The second kappa shape index (κ2) is 5.33. The van der Waals surface area contributed by atoms with E-state index in [0.29, 0.717) is 17.9 Å². The summed E-state index contributed by atoms with van der Waals surface area (Å²) in [6.45, 7) is 1.81. The molecule has 0 radical (unpaired) electrons. The smallest absolute Gasteiger partial charge is 0.293 e. The Morgan fingerprint density at radius 2 is 2.05 bits per heavy atom. The second-order valence-corrected chi connectivity index (χ2v) is 6.80. The molecule has 1 saturated carbocycles. The van der Waals surface area contributed by atoms with Gasteiger partial charge in [-0.1, -0.05) is 15.9 Å². The molecule has 3 rings (SSSR count). The molecule has 108 valence electrons. The van der Waals surface area contributed by atoms with Crippen LogP contribution in [0, 0.1) is 22.0 Å². The Balaban J connectivity index is 1.86. The fourth-order valence-electron chi connectivity index (χ4n) is 3.57. The first-order valence-electron chi connectivity index (χ1n) is 6.99. The van der Waals surface area contributed by atoms with Crippen molar-refractivity contribution in [1.29, 1.82) is 0 Å². The van der Waals surface area contributed by atoms with Crippen LogP contribution in [0.25, 0.3) is 0 Å². The normalized spacial score (nSPS) is 29.3. The van der Waals surface area contributed by atoms with Crippen LogP contribution in [0.1, 0.15) is 19.3 Å². The van der Waals surface area contributed by atoms with Crippen LogP contribution in [0.2, 0.25) is 0 Å². The predicted molar refractivity (Wildman–Crippen MR) is 81.8 cm³/mol. The summed E-state index contributed by atoms with van der Waals surface area (Å²) in [6.07, 6.45) is 3.27. The van der Waals surface area contributed by atoms with Gasteiger partial charge in [-0.2, -0.15) is 0 Å². The number of nitro groups is 1. The van der Waals surface area contributed by atoms with E-state index >= 15 is 0 Å². The highest BCUT2D eigenvalue weighted by atomic mass is 79.9. The zero-order valence-corrected chi connectivity index (χ0v) is 12.8. The molecular formula is C14H18BrN3O2. The number of fused-ring (bicyclic) bond motifs is 1. The van der Waals surface area contributed by atoms with Crippen LogP contribution in [0.3, 0.4) is 0 Å². The highest BCUT2D eigenvalue weighted by molar-refractivity contribution is 9.10. The van der Waals surface area contributed by atoms with Gasteiger partial charge in [-0.05, 0) is 43.2 Å². The number of anilines is 1. The fourth-order valence-corrected chi connectivity index (χ4v) is 3.92. The molecule has 3 atom stereocenters. The third-order valence-corrected chi connectivity index (χ3v) is 5.06. The van der Waals surface area contributed by atoms with Crippen molar-refractivity contribution in [3.63, 3.8) is 0 Å². The molecule has 0 amide bonds. The van der Waals surface area contributed by atoms with Gasteiger partial charge >= 0.3 is 0 Å². The number of halogens is 1. The number of nitrogens with two attached hydrogens (primary N) is 1. The van der Waals surface area contributed by atoms with Gasteiger partial charge in [-0.15, -0.1) is 0 Å². The Bertz CT molecular complexity index is 537. The zero-order chi connectivity index (χ0) is 14.3. The number of benzene rings is 1. The van der Waals surface area contributed by atoms with E-state index in [-0.39, 0.29) is 10.6 Å². The summed E-state index contributed by atoms with van der Waals surface area (Å²) in [5, 5.41) is 11.2. The molecule has 0 aromatic heterocycles. The summed E-state index contributed by atoms with van der Waals surface area (Å²) in [6, 6.07) is 5.61. The van der Waals surface area contributed by atoms with Crippen LogP contribution in [0.4, 0.5) is 11.4 Å². The fraction of sp³-hybridized carbons (Fsp3) is 0.571. The first-order valence-corrected chi connectivity index (χ1v) is 7.78. The Morgan fingerprint density at radius 1 is 1.30 bits per heavy atom. The molecule has 20 heavy (non-hydrogen) atoms. The summed E-state index contributed by atoms with van der Waals surface area (Å²) >= 11 is 3.30. The van der Waals surface area contributed by atoms with E-state index in [2.05, 4.69) is 20.8 Å². The zero-order valence-electron chi connectivity index (χ0n) is 11.2. The number of hydrogen-bond donors (Lipinski definition) is 1. The molecule has 6 heteroatoms. The average Bonchev–Trinajstić information content (AvgIpc) is 2.81. The van der Waals surface area contributed by atoms with Crippen molar-refractivity contribution in [3.05, 3.63) is 32.8 Å². The van der Waals surface area contributed by atoms with Crippen LogP contribution in [-0.4, -0.2) is 24.1 Å². The van der Waals surface area contributed by atoms with Crippen LogP contribution in [-0.2, 0) is 0 Å². The van der Waals surface area contributed by atoms with E-state index < -0.39 is 0 Å². The topological polar surface area (TPSA) is 72.4 Å². The molecule has 1 aromatic rings. The van der Waals surface area contributed by atoms with Gasteiger partial charge in [0.2, 0.25) is 0 Å². The maximum Gasteiger partial charge on any atom is 0.293 e. The van der Waals surface area contributed by atoms with Gasteiger partial charge in [0.15, 0.2) is 0 Å². The number of nitro benzene ring substituents is 1. The number of nitrogens with zero attached hydrogens (tertiary/aromatic N) is 2. The van der Waals surface area contributed by atoms with Gasteiger partial charge in [0, 0.05) is 29.7 Å². The molecular weight excluding hydrogens is 322 g/mol. The molecule has 2 aliphatic rings. The quantitative estimate of drug-likeness (QED) is 0.664. The maximum absolute atomic E-state index is 11.2. The monoisotopic (exact) mass is 339 g/mol. The first-order chi connectivity index (χ1) is 9.54. The van der Waals surface area contributed by atoms with Crippen molar-refractivity contribution in [3.8, 4) is 0 Å². The molecule has 1 aliphatic carbocycles. The van der Waals surface area contributed by atoms with Gasteiger partial charge in [-0.25, -0.2) is 0 Å². The number of rotatable bonds is 2. The standard InChI is InChI=1S/C14H18BrN3O2/c15-11-2-4-13(14(6-11)18(19)20)17-7-9-1-3-12(16)5-10(9)8-17/h2,4,6,9-10,12H,1,3,5,7-8,16H2/t9-,10+,12?/m1/s1. The first kappa shape index (κ1) is 13.8. The van der Waals surface area contributed by atoms with E-state index in [1.807, 2.05) is 12.1 Å². The van der Waals surface area contributed by atoms with Gasteiger partial charge in [0.1, 0.15) is 5.69 Å². The molecule has 1 aromatic carbocycles. The van der Waals surface area contributed by atoms with Gasteiger partial charge in [-0.3, -0.25) is 10.1 Å². The predicted octanol–water partition coefficient (Wildman–Crippen LogP) is 2.92. The van der Waals surface area contributed by atoms with Crippen LogP contribution < -0.4 is 10.6 Å². The van der Waals surface area contributed by atoms with Gasteiger partial charge in [0.25, 0.3) is 5.69 Å². The average molecular weight is 340 g/mol. The second-order valence-electron chi connectivity index (χ2n) is 5.89. The van der Waals surface area contributed by atoms with Crippen molar-refractivity contribution < 1.29 is 4.92 Å². The van der Waals surface area contributed by atoms with Crippen molar-refractivity contribution >= 4 is 27.3 Å². The van der Waals surface area contributed by atoms with Crippen molar-refractivity contribution in [2.45, 2.75) is 25.3 Å².